The van der Waals surface area contributed by atoms with Crippen LogP contribution in [0.2, 0.25) is 0 Å². The summed E-state index contributed by atoms with van der Waals surface area (Å²) in [6.07, 6.45) is 0. The normalized spacial score (nSPS) is 17.9. The van der Waals surface area contributed by atoms with Gasteiger partial charge in [0.2, 0.25) is 0 Å². The molecule has 1 heterocycles. The number of morpholine rings is 1. The third-order valence-corrected chi connectivity index (χ3v) is 3.30. The third kappa shape index (κ3) is 4.22. The van der Waals surface area contributed by atoms with Crippen LogP contribution in [0, 0.1) is 0 Å². The first-order chi connectivity index (χ1) is 10.6. The van der Waals surface area contributed by atoms with E-state index in [9.17, 15) is 9.90 Å². The number of nitrogens with zero attached hydrogens (tertiary/aromatic N) is 1. The molecule has 1 atom stereocenters. The number of hydrogen-bond donors (Lipinski definition) is 2. The Morgan fingerprint density at radius 2 is 2.32 bits per heavy atom. The van der Waals surface area contributed by atoms with Gasteiger partial charge in [0.1, 0.15) is 12.4 Å². The first-order valence-corrected chi connectivity index (χ1v) is 7.24. The fourth-order valence-corrected chi connectivity index (χ4v) is 2.16. The Morgan fingerprint density at radius 3 is 3.05 bits per heavy atom. The molecule has 1 fully saturated rings. The lowest BCUT2D eigenvalue weighted by atomic mass is 10.2. The number of aliphatic hydroxyl groups excluding tert-OH is 1. The van der Waals surface area contributed by atoms with Crippen LogP contribution in [0.3, 0.4) is 0 Å². The molecule has 2 amide bonds. The van der Waals surface area contributed by atoms with E-state index in [-0.39, 0.29) is 18.7 Å². The van der Waals surface area contributed by atoms with Crippen molar-refractivity contribution in [2.45, 2.75) is 13.0 Å². The predicted molar refractivity (Wildman–Crippen MR) is 84.2 cm³/mol. The smallest absolute Gasteiger partial charge is 0.322 e. The molecular weight excluding hydrogens is 284 g/mol. The van der Waals surface area contributed by atoms with E-state index >= 15 is 0 Å². The van der Waals surface area contributed by atoms with E-state index in [0.717, 1.165) is 5.57 Å². The number of nitrogens with one attached hydrogen (secondary N) is 1. The minimum atomic E-state index is -0.322. The lowest BCUT2D eigenvalue weighted by Gasteiger charge is -2.34. The fourth-order valence-electron chi connectivity index (χ4n) is 2.16. The average molecular weight is 306 g/mol. The van der Waals surface area contributed by atoms with Crippen molar-refractivity contribution in [3.05, 3.63) is 36.4 Å². The van der Waals surface area contributed by atoms with Crippen molar-refractivity contribution in [3.8, 4) is 5.75 Å². The summed E-state index contributed by atoms with van der Waals surface area (Å²) >= 11 is 0. The van der Waals surface area contributed by atoms with Crippen LogP contribution in [-0.4, -0.2) is 55.1 Å². The summed E-state index contributed by atoms with van der Waals surface area (Å²) in [4.78, 5) is 14.0. The molecule has 0 aromatic heterocycles. The zero-order valence-electron chi connectivity index (χ0n) is 12.7. The maximum absolute atomic E-state index is 12.4. The number of anilines is 1. The number of amides is 2. The van der Waals surface area contributed by atoms with Gasteiger partial charge >= 0.3 is 6.03 Å². The largest absolute Gasteiger partial charge is 0.487 e. The van der Waals surface area contributed by atoms with Gasteiger partial charge in [-0.3, -0.25) is 0 Å². The highest BCUT2D eigenvalue weighted by Crippen LogP contribution is 2.25. The molecule has 2 rings (SSSR count). The molecule has 0 radical (unpaired) electrons. The number of carbonyl (C=O) groups excluding carboxylic acids is 1. The van der Waals surface area contributed by atoms with Gasteiger partial charge in [0.05, 0.1) is 31.5 Å². The van der Waals surface area contributed by atoms with Crippen LogP contribution in [-0.2, 0) is 4.74 Å². The fraction of sp³-hybridized carbons (Fsp3) is 0.438. The summed E-state index contributed by atoms with van der Waals surface area (Å²) in [6, 6.07) is 6.65. The Bertz CT molecular complexity index is 533. The molecule has 2 N–H and O–H groups in total. The van der Waals surface area contributed by atoms with Crippen LogP contribution in [0.15, 0.2) is 36.4 Å². The van der Waals surface area contributed by atoms with Crippen molar-refractivity contribution in [1.29, 1.82) is 0 Å². The monoisotopic (exact) mass is 306 g/mol. The highest BCUT2D eigenvalue weighted by molar-refractivity contribution is 5.91. The van der Waals surface area contributed by atoms with Crippen molar-refractivity contribution >= 4 is 11.7 Å². The first-order valence-electron chi connectivity index (χ1n) is 7.24. The number of ether oxygens (including phenoxy) is 2. The number of urea groups is 1. The van der Waals surface area contributed by atoms with Crippen molar-refractivity contribution in [2.24, 2.45) is 0 Å². The molecular formula is C16H22N2O4. The minimum absolute atomic E-state index is 0.124. The second-order valence-corrected chi connectivity index (χ2v) is 5.28. The first kappa shape index (κ1) is 16.3. The number of benzene rings is 1. The molecule has 1 aliphatic heterocycles. The lowest BCUT2D eigenvalue weighted by molar-refractivity contribution is -0.00485. The van der Waals surface area contributed by atoms with Crippen molar-refractivity contribution < 1.29 is 19.4 Å². The molecule has 120 valence electrons. The van der Waals surface area contributed by atoms with E-state index < -0.39 is 0 Å². The molecule has 1 aromatic rings. The van der Waals surface area contributed by atoms with Gasteiger partial charge in [0.25, 0.3) is 0 Å². The molecule has 1 aromatic carbocycles. The second kappa shape index (κ2) is 7.82. The molecule has 0 saturated carbocycles. The summed E-state index contributed by atoms with van der Waals surface area (Å²) in [6.45, 7) is 7.20. The van der Waals surface area contributed by atoms with Gasteiger partial charge in [-0.1, -0.05) is 18.7 Å². The van der Waals surface area contributed by atoms with E-state index in [1.807, 2.05) is 19.1 Å². The van der Waals surface area contributed by atoms with E-state index in [0.29, 0.717) is 37.8 Å². The van der Waals surface area contributed by atoms with Gasteiger partial charge in [-0.25, -0.2) is 4.79 Å². The van der Waals surface area contributed by atoms with Gasteiger partial charge in [0, 0.05) is 6.54 Å². The highest BCUT2D eigenvalue weighted by Gasteiger charge is 2.27. The summed E-state index contributed by atoms with van der Waals surface area (Å²) in [5.74, 6) is 0.590. The Kier molecular flexibility index (Phi) is 5.80. The summed E-state index contributed by atoms with van der Waals surface area (Å²) in [5.41, 5.74) is 1.49. The van der Waals surface area contributed by atoms with Gasteiger partial charge in [-0.2, -0.15) is 0 Å². The van der Waals surface area contributed by atoms with Gasteiger partial charge in [-0.15, -0.1) is 0 Å². The molecule has 0 spiro atoms. The zero-order valence-corrected chi connectivity index (χ0v) is 12.7. The summed E-state index contributed by atoms with van der Waals surface area (Å²) in [5, 5.41) is 12.2. The molecule has 22 heavy (non-hydrogen) atoms. The molecule has 6 heteroatoms. The van der Waals surface area contributed by atoms with Crippen LogP contribution >= 0.6 is 0 Å². The Balaban J connectivity index is 2.05. The lowest BCUT2D eigenvalue weighted by Crippen LogP contribution is -2.52. The number of aliphatic hydroxyl groups is 1. The van der Waals surface area contributed by atoms with Crippen molar-refractivity contribution in [2.75, 3.05) is 38.3 Å². The molecule has 0 unspecified atom stereocenters. The molecule has 1 saturated heterocycles. The topological polar surface area (TPSA) is 71.0 Å². The minimum Gasteiger partial charge on any atom is -0.487 e. The molecule has 0 bridgehead atoms. The summed E-state index contributed by atoms with van der Waals surface area (Å²) in [7, 11) is 0. The molecule has 0 aliphatic carbocycles. The van der Waals surface area contributed by atoms with Crippen LogP contribution in [0.25, 0.3) is 0 Å². The van der Waals surface area contributed by atoms with Gasteiger partial charge in [0.15, 0.2) is 0 Å². The number of carbonyl (C=O) groups is 1. The van der Waals surface area contributed by atoms with E-state index in [1.54, 1.807) is 17.0 Å². The Labute approximate surface area is 130 Å². The SMILES string of the molecule is C=C(C)COc1ccccc1NC(=O)N1CCOC[C@H]1CO. The highest BCUT2D eigenvalue weighted by atomic mass is 16.5. The molecule has 1 aliphatic rings. The van der Waals surface area contributed by atoms with E-state index in [1.165, 1.54) is 0 Å². The van der Waals surface area contributed by atoms with Crippen molar-refractivity contribution in [1.82, 2.24) is 4.90 Å². The maximum atomic E-state index is 12.4. The van der Waals surface area contributed by atoms with Crippen LogP contribution < -0.4 is 10.1 Å². The summed E-state index contributed by atoms with van der Waals surface area (Å²) < 4.78 is 10.9. The average Bonchev–Trinajstić information content (AvgIpc) is 2.53. The number of para-hydroxylation sites is 2. The Morgan fingerprint density at radius 1 is 1.55 bits per heavy atom. The van der Waals surface area contributed by atoms with E-state index in [2.05, 4.69) is 11.9 Å². The third-order valence-electron chi connectivity index (χ3n) is 3.30. The van der Waals surface area contributed by atoms with Crippen LogP contribution in [0.4, 0.5) is 10.5 Å². The Hall–Kier alpha value is -2.05. The zero-order chi connectivity index (χ0) is 15.9. The van der Waals surface area contributed by atoms with E-state index in [4.69, 9.17) is 9.47 Å². The van der Waals surface area contributed by atoms with Crippen LogP contribution in [0.1, 0.15) is 6.92 Å². The number of hydrogen-bond acceptors (Lipinski definition) is 4. The maximum Gasteiger partial charge on any atom is 0.322 e. The number of rotatable bonds is 5. The van der Waals surface area contributed by atoms with Crippen LogP contribution in [0.5, 0.6) is 5.75 Å². The van der Waals surface area contributed by atoms with Gasteiger partial charge < -0.3 is 24.8 Å². The van der Waals surface area contributed by atoms with Crippen molar-refractivity contribution in [3.63, 3.8) is 0 Å². The second-order valence-electron chi connectivity index (χ2n) is 5.28. The predicted octanol–water partition coefficient (Wildman–Crippen LogP) is 1.87. The molecule has 6 nitrogen and oxygen atoms in total. The standard InChI is InChI=1S/C16H22N2O4/c1-12(2)10-22-15-6-4-3-5-14(15)17-16(20)18-7-8-21-11-13(18)9-19/h3-6,13,19H,1,7-11H2,2H3,(H,17,20)/t13-/m1/s1. The van der Waals surface area contributed by atoms with Gasteiger partial charge in [-0.05, 0) is 24.6 Å². The quantitative estimate of drug-likeness (QED) is 0.815.